The van der Waals surface area contributed by atoms with Gasteiger partial charge in [-0.3, -0.25) is 4.79 Å². The van der Waals surface area contributed by atoms with E-state index in [9.17, 15) is 4.79 Å². The smallest absolute Gasteiger partial charge is 0.237 e. The second kappa shape index (κ2) is 6.68. The maximum absolute atomic E-state index is 11.9. The van der Waals surface area contributed by atoms with Crippen LogP contribution < -0.4 is 11.1 Å². The zero-order valence-corrected chi connectivity index (χ0v) is 12.2. The number of methoxy groups -OCH3 is 1. The molecule has 0 spiro atoms. The molecule has 1 aromatic carbocycles. The average Bonchev–Trinajstić information content (AvgIpc) is 2.35. The molecule has 1 aromatic rings. The minimum absolute atomic E-state index is 0.121. The standard InChI is InChI=1S/C15H24N2O2/c1-15(2,3)13(16)14(18)17-9-11-6-5-7-12(8-11)10-19-4/h5-8,13H,9-10,16H2,1-4H3,(H,17,18)/t13-/m1/s1. The Kier molecular flexibility index (Phi) is 5.51. The molecule has 19 heavy (non-hydrogen) atoms. The lowest BCUT2D eigenvalue weighted by molar-refractivity contribution is -0.124. The van der Waals surface area contributed by atoms with E-state index in [4.69, 9.17) is 10.5 Å². The number of carbonyl (C=O) groups is 1. The van der Waals surface area contributed by atoms with Crippen LogP contribution in [0, 0.1) is 5.41 Å². The fourth-order valence-electron chi connectivity index (χ4n) is 1.69. The van der Waals surface area contributed by atoms with Crippen molar-refractivity contribution < 1.29 is 9.53 Å². The van der Waals surface area contributed by atoms with Crippen molar-refractivity contribution in [2.75, 3.05) is 7.11 Å². The van der Waals surface area contributed by atoms with Crippen LogP contribution in [0.1, 0.15) is 31.9 Å². The molecule has 0 heterocycles. The van der Waals surface area contributed by atoms with Gasteiger partial charge in [-0.25, -0.2) is 0 Å². The minimum atomic E-state index is -0.505. The molecular weight excluding hydrogens is 240 g/mol. The first-order valence-electron chi connectivity index (χ1n) is 6.44. The van der Waals surface area contributed by atoms with E-state index < -0.39 is 6.04 Å². The largest absolute Gasteiger partial charge is 0.380 e. The lowest BCUT2D eigenvalue weighted by Crippen LogP contribution is -2.48. The summed E-state index contributed by atoms with van der Waals surface area (Å²) in [6, 6.07) is 7.44. The van der Waals surface area contributed by atoms with Crippen molar-refractivity contribution >= 4 is 5.91 Å². The van der Waals surface area contributed by atoms with Gasteiger partial charge in [-0.15, -0.1) is 0 Å². The number of ether oxygens (including phenoxy) is 1. The molecule has 0 unspecified atom stereocenters. The Balaban J connectivity index is 2.57. The first kappa shape index (κ1) is 15.7. The van der Waals surface area contributed by atoms with Crippen molar-refractivity contribution in [3.8, 4) is 0 Å². The van der Waals surface area contributed by atoms with E-state index in [2.05, 4.69) is 5.32 Å². The monoisotopic (exact) mass is 264 g/mol. The highest BCUT2D eigenvalue weighted by molar-refractivity contribution is 5.82. The maximum atomic E-state index is 11.9. The van der Waals surface area contributed by atoms with Crippen molar-refractivity contribution in [1.29, 1.82) is 0 Å². The zero-order chi connectivity index (χ0) is 14.5. The molecule has 106 valence electrons. The van der Waals surface area contributed by atoms with Gasteiger partial charge in [0.1, 0.15) is 0 Å². The summed E-state index contributed by atoms with van der Waals surface area (Å²) < 4.78 is 5.08. The number of amides is 1. The van der Waals surface area contributed by atoms with Gasteiger partial charge >= 0.3 is 0 Å². The molecule has 1 rings (SSSR count). The third kappa shape index (κ3) is 5.01. The molecule has 3 N–H and O–H groups in total. The molecule has 4 nitrogen and oxygen atoms in total. The molecule has 0 aliphatic heterocycles. The highest BCUT2D eigenvalue weighted by atomic mass is 16.5. The van der Waals surface area contributed by atoms with Crippen LogP contribution in [-0.2, 0) is 22.7 Å². The predicted octanol–water partition coefficient (Wildman–Crippen LogP) is 1.82. The van der Waals surface area contributed by atoms with Gasteiger partial charge in [0, 0.05) is 13.7 Å². The van der Waals surface area contributed by atoms with Crippen molar-refractivity contribution in [2.45, 2.75) is 40.0 Å². The van der Waals surface area contributed by atoms with Gasteiger partial charge in [0.05, 0.1) is 12.6 Å². The minimum Gasteiger partial charge on any atom is -0.380 e. The number of hydrogen-bond acceptors (Lipinski definition) is 3. The fraction of sp³-hybridized carbons (Fsp3) is 0.533. The summed E-state index contributed by atoms with van der Waals surface area (Å²) in [6.45, 7) is 6.92. The maximum Gasteiger partial charge on any atom is 0.237 e. The second-order valence-corrected chi connectivity index (χ2v) is 5.81. The lowest BCUT2D eigenvalue weighted by Gasteiger charge is -2.25. The first-order valence-corrected chi connectivity index (χ1v) is 6.44. The Labute approximate surface area is 115 Å². The molecule has 4 heteroatoms. The third-order valence-electron chi connectivity index (χ3n) is 2.98. The van der Waals surface area contributed by atoms with Crippen LogP contribution in [0.4, 0.5) is 0 Å². The topological polar surface area (TPSA) is 64.3 Å². The highest BCUT2D eigenvalue weighted by Crippen LogP contribution is 2.17. The number of hydrogen-bond donors (Lipinski definition) is 2. The Morgan fingerprint density at radius 3 is 2.58 bits per heavy atom. The Morgan fingerprint density at radius 2 is 2.00 bits per heavy atom. The molecule has 1 amide bonds. The number of rotatable bonds is 5. The fourth-order valence-corrected chi connectivity index (χ4v) is 1.69. The van der Waals surface area contributed by atoms with Gasteiger partial charge in [0.25, 0.3) is 0 Å². The third-order valence-corrected chi connectivity index (χ3v) is 2.98. The molecule has 0 aliphatic rings. The number of nitrogens with one attached hydrogen (secondary N) is 1. The molecule has 0 aliphatic carbocycles. The Morgan fingerprint density at radius 1 is 1.37 bits per heavy atom. The molecule has 0 aromatic heterocycles. The van der Waals surface area contributed by atoms with E-state index in [1.807, 2.05) is 45.0 Å². The Hall–Kier alpha value is -1.39. The molecular formula is C15H24N2O2. The van der Waals surface area contributed by atoms with Crippen LogP contribution >= 0.6 is 0 Å². The van der Waals surface area contributed by atoms with Gasteiger partial charge in [-0.2, -0.15) is 0 Å². The predicted molar refractivity (Wildman–Crippen MR) is 76.4 cm³/mol. The quantitative estimate of drug-likeness (QED) is 0.852. The summed E-state index contributed by atoms with van der Waals surface area (Å²) in [5, 5.41) is 2.87. The van der Waals surface area contributed by atoms with Crippen molar-refractivity contribution in [3.63, 3.8) is 0 Å². The zero-order valence-electron chi connectivity index (χ0n) is 12.2. The van der Waals surface area contributed by atoms with Crippen LogP contribution in [0.5, 0.6) is 0 Å². The summed E-state index contributed by atoms with van der Waals surface area (Å²) in [5.74, 6) is -0.121. The van der Waals surface area contributed by atoms with Crippen LogP contribution in [0.25, 0.3) is 0 Å². The van der Waals surface area contributed by atoms with Gasteiger partial charge in [0.2, 0.25) is 5.91 Å². The lowest BCUT2D eigenvalue weighted by atomic mass is 9.87. The van der Waals surface area contributed by atoms with Gasteiger partial charge in [-0.05, 0) is 16.5 Å². The van der Waals surface area contributed by atoms with E-state index >= 15 is 0 Å². The molecule has 0 saturated carbocycles. The van der Waals surface area contributed by atoms with Crippen molar-refractivity contribution in [2.24, 2.45) is 11.1 Å². The van der Waals surface area contributed by atoms with E-state index in [-0.39, 0.29) is 11.3 Å². The molecule has 0 bridgehead atoms. The second-order valence-electron chi connectivity index (χ2n) is 5.81. The van der Waals surface area contributed by atoms with Gasteiger partial charge < -0.3 is 15.8 Å². The first-order chi connectivity index (χ1) is 8.84. The summed E-state index contributed by atoms with van der Waals surface area (Å²) in [4.78, 5) is 11.9. The van der Waals surface area contributed by atoms with E-state index in [1.165, 1.54) is 0 Å². The molecule has 1 atom stereocenters. The van der Waals surface area contributed by atoms with Crippen molar-refractivity contribution in [1.82, 2.24) is 5.32 Å². The summed E-state index contributed by atoms with van der Waals surface area (Å²) in [7, 11) is 1.66. The summed E-state index contributed by atoms with van der Waals surface area (Å²) in [5.41, 5.74) is 7.81. The number of carbonyl (C=O) groups excluding carboxylic acids is 1. The van der Waals surface area contributed by atoms with E-state index in [1.54, 1.807) is 7.11 Å². The van der Waals surface area contributed by atoms with Crippen LogP contribution in [-0.4, -0.2) is 19.1 Å². The van der Waals surface area contributed by atoms with E-state index in [0.717, 1.165) is 11.1 Å². The molecule has 0 radical (unpaired) electrons. The Bertz CT molecular complexity index is 424. The normalized spacial score (nSPS) is 13.1. The summed E-state index contributed by atoms with van der Waals surface area (Å²) >= 11 is 0. The van der Waals surface area contributed by atoms with Crippen molar-refractivity contribution in [3.05, 3.63) is 35.4 Å². The molecule has 0 fully saturated rings. The van der Waals surface area contributed by atoms with Crippen LogP contribution in [0.2, 0.25) is 0 Å². The van der Waals surface area contributed by atoms with Gasteiger partial charge in [-0.1, -0.05) is 45.0 Å². The molecule has 0 saturated heterocycles. The highest BCUT2D eigenvalue weighted by Gasteiger charge is 2.26. The number of nitrogens with two attached hydrogens (primary N) is 1. The summed E-state index contributed by atoms with van der Waals surface area (Å²) in [6.07, 6.45) is 0. The van der Waals surface area contributed by atoms with E-state index in [0.29, 0.717) is 13.2 Å². The van der Waals surface area contributed by atoms with Crippen LogP contribution in [0.3, 0.4) is 0 Å². The van der Waals surface area contributed by atoms with Gasteiger partial charge in [0.15, 0.2) is 0 Å². The van der Waals surface area contributed by atoms with Crippen LogP contribution in [0.15, 0.2) is 24.3 Å². The number of benzene rings is 1. The SMILES string of the molecule is COCc1cccc(CNC(=O)[C@@H](N)C(C)(C)C)c1. The average molecular weight is 264 g/mol.